The first kappa shape index (κ1) is 19.9. The number of nitrogens with one attached hydrogen (secondary N) is 2. The smallest absolute Gasteiger partial charge is 0.342 e. The highest BCUT2D eigenvalue weighted by atomic mass is 16.6. The van der Waals surface area contributed by atoms with Gasteiger partial charge in [0.2, 0.25) is 0 Å². The van der Waals surface area contributed by atoms with Gasteiger partial charge in [-0.25, -0.2) is 19.6 Å². The van der Waals surface area contributed by atoms with Gasteiger partial charge < -0.3 is 20.2 Å². The Morgan fingerprint density at radius 2 is 1.50 bits per heavy atom. The zero-order valence-electron chi connectivity index (χ0n) is 14.6. The maximum Gasteiger partial charge on any atom is 0.342 e. The maximum atomic E-state index is 10.7. The molecule has 0 atom stereocenters. The zero-order chi connectivity index (χ0) is 22.0. The first-order valence-corrected chi connectivity index (χ1v) is 7.89. The average Bonchev–Trinajstić information content (AvgIpc) is 3.34. The van der Waals surface area contributed by atoms with Crippen molar-refractivity contribution in [3.63, 3.8) is 0 Å². The Hall–Kier alpha value is -4.88. The molecule has 0 aliphatic heterocycles. The van der Waals surface area contributed by atoms with E-state index < -0.39 is 33.2 Å². The normalized spacial score (nSPS) is 10.4. The van der Waals surface area contributed by atoms with E-state index in [1.807, 2.05) is 0 Å². The standard InChI is InChI=1S/2C8H5N3O4/c12-8(13)4-1-5-6(10-3-9-5)2-7(4)11(14)15;12-8(13)4-1-2-5-6(10-3-9-5)7(4)11(14)15/h2*1-3H,(H,9,10)(H,12,13). The number of aromatic carboxylic acids is 2. The van der Waals surface area contributed by atoms with Crippen molar-refractivity contribution >= 4 is 45.4 Å². The summed E-state index contributed by atoms with van der Waals surface area (Å²) in [5, 5.41) is 38.9. The fourth-order valence-corrected chi connectivity index (χ4v) is 2.64. The quantitative estimate of drug-likeness (QED) is 0.282. The second kappa shape index (κ2) is 7.63. The number of carbonyl (C=O) groups is 2. The molecule has 0 aliphatic carbocycles. The summed E-state index contributed by atoms with van der Waals surface area (Å²) in [6.07, 6.45) is 2.63. The summed E-state index contributed by atoms with van der Waals surface area (Å²) in [6, 6.07) is 4.96. The van der Waals surface area contributed by atoms with E-state index in [-0.39, 0.29) is 16.6 Å². The number of fused-ring (bicyclic) bond motifs is 2. The molecule has 0 spiro atoms. The number of carboxylic acid groups (broad SMARTS) is 2. The zero-order valence-corrected chi connectivity index (χ0v) is 14.6. The molecule has 0 fully saturated rings. The Labute approximate surface area is 164 Å². The molecule has 4 rings (SSSR count). The van der Waals surface area contributed by atoms with Gasteiger partial charge in [-0.1, -0.05) is 0 Å². The topological polar surface area (TPSA) is 218 Å². The van der Waals surface area contributed by atoms with E-state index in [9.17, 15) is 29.8 Å². The van der Waals surface area contributed by atoms with Gasteiger partial charge in [-0.2, -0.15) is 0 Å². The van der Waals surface area contributed by atoms with Crippen molar-refractivity contribution in [2.45, 2.75) is 0 Å². The molecule has 2 heterocycles. The van der Waals surface area contributed by atoms with E-state index >= 15 is 0 Å². The van der Waals surface area contributed by atoms with Crippen LogP contribution in [-0.2, 0) is 0 Å². The molecule has 0 aliphatic rings. The molecule has 0 amide bonds. The molecule has 2 aromatic carbocycles. The Bertz CT molecular complexity index is 1260. The van der Waals surface area contributed by atoms with Gasteiger partial charge in [-0.3, -0.25) is 20.2 Å². The fraction of sp³-hybridized carbons (Fsp3) is 0. The third-order valence-corrected chi connectivity index (χ3v) is 3.94. The van der Waals surface area contributed by atoms with E-state index in [2.05, 4.69) is 19.9 Å². The predicted molar refractivity (Wildman–Crippen MR) is 99.4 cm³/mol. The molecule has 30 heavy (non-hydrogen) atoms. The van der Waals surface area contributed by atoms with Crippen molar-refractivity contribution < 1.29 is 29.6 Å². The number of imidazole rings is 2. The van der Waals surface area contributed by atoms with Crippen LogP contribution in [0.2, 0.25) is 0 Å². The number of aromatic amines is 2. The third-order valence-electron chi connectivity index (χ3n) is 3.94. The van der Waals surface area contributed by atoms with Crippen molar-refractivity contribution in [1.82, 2.24) is 19.9 Å². The van der Waals surface area contributed by atoms with Gasteiger partial charge in [0.05, 0.1) is 39.1 Å². The summed E-state index contributed by atoms with van der Waals surface area (Å²) in [4.78, 5) is 54.2. The monoisotopic (exact) mass is 414 g/mol. The van der Waals surface area contributed by atoms with Crippen molar-refractivity contribution in [1.29, 1.82) is 0 Å². The van der Waals surface area contributed by atoms with E-state index in [0.717, 1.165) is 6.07 Å². The van der Waals surface area contributed by atoms with Crippen LogP contribution >= 0.6 is 0 Å². The summed E-state index contributed by atoms with van der Waals surface area (Å²) in [5.41, 5.74) is -0.337. The van der Waals surface area contributed by atoms with Crippen LogP contribution in [0.1, 0.15) is 20.7 Å². The van der Waals surface area contributed by atoms with Gasteiger partial charge in [0, 0.05) is 6.07 Å². The minimum absolute atomic E-state index is 0.0555. The van der Waals surface area contributed by atoms with Crippen LogP contribution in [0.5, 0.6) is 0 Å². The lowest BCUT2D eigenvalue weighted by molar-refractivity contribution is -0.385. The maximum absolute atomic E-state index is 10.7. The molecule has 0 unspecified atom stereocenters. The summed E-state index contributed by atoms with van der Waals surface area (Å²) >= 11 is 0. The van der Waals surface area contributed by atoms with Crippen LogP contribution in [0.15, 0.2) is 36.9 Å². The summed E-state index contributed by atoms with van der Waals surface area (Å²) in [7, 11) is 0. The number of nitrogens with zero attached hydrogens (tertiary/aromatic N) is 4. The van der Waals surface area contributed by atoms with Gasteiger partial charge >= 0.3 is 17.6 Å². The molecule has 0 radical (unpaired) electrons. The molecule has 0 saturated carbocycles. The highest BCUT2D eigenvalue weighted by Gasteiger charge is 2.24. The van der Waals surface area contributed by atoms with Crippen molar-refractivity contribution in [2.24, 2.45) is 0 Å². The second-order valence-corrected chi connectivity index (χ2v) is 5.67. The molecule has 4 N–H and O–H groups in total. The number of hydrogen-bond donors (Lipinski definition) is 4. The van der Waals surface area contributed by atoms with Crippen LogP contribution in [0, 0.1) is 20.2 Å². The van der Waals surface area contributed by atoms with Crippen molar-refractivity contribution in [3.8, 4) is 0 Å². The number of H-pyrrole nitrogens is 2. The average molecular weight is 414 g/mol. The van der Waals surface area contributed by atoms with E-state index in [0.29, 0.717) is 16.6 Å². The molecule has 0 saturated heterocycles. The lowest BCUT2D eigenvalue weighted by atomic mass is 10.1. The number of nitro groups is 2. The Morgan fingerprint density at radius 1 is 0.867 bits per heavy atom. The summed E-state index contributed by atoms with van der Waals surface area (Å²) in [5.74, 6) is -2.68. The van der Waals surface area contributed by atoms with Gasteiger partial charge in [-0.15, -0.1) is 0 Å². The molecule has 0 bridgehead atoms. The third kappa shape index (κ3) is 3.59. The first-order chi connectivity index (χ1) is 14.2. The summed E-state index contributed by atoms with van der Waals surface area (Å²) < 4.78 is 0. The number of carboxylic acids is 2. The van der Waals surface area contributed by atoms with Crippen LogP contribution in [-0.4, -0.2) is 51.9 Å². The largest absolute Gasteiger partial charge is 0.477 e. The molecule has 152 valence electrons. The number of aromatic nitrogens is 4. The highest BCUT2D eigenvalue weighted by Crippen LogP contribution is 2.27. The molecule has 14 nitrogen and oxygen atoms in total. The van der Waals surface area contributed by atoms with E-state index in [1.54, 1.807) is 0 Å². The minimum Gasteiger partial charge on any atom is -0.477 e. The second-order valence-electron chi connectivity index (χ2n) is 5.67. The molecule has 4 aromatic rings. The first-order valence-electron chi connectivity index (χ1n) is 7.89. The van der Waals surface area contributed by atoms with Crippen LogP contribution < -0.4 is 0 Å². The molecule has 2 aromatic heterocycles. The Balaban J connectivity index is 0.000000171. The lowest BCUT2D eigenvalue weighted by Crippen LogP contribution is -2.03. The van der Waals surface area contributed by atoms with E-state index in [1.165, 1.54) is 30.9 Å². The number of hydrogen-bond acceptors (Lipinski definition) is 8. The number of benzene rings is 2. The molecular formula is C16H10N6O8. The van der Waals surface area contributed by atoms with Crippen molar-refractivity contribution in [2.75, 3.05) is 0 Å². The van der Waals surface area contributed by atoms with Gasteiger partial charge in [0.1, 0.15) is 11.1 Å². The van der Waals surface area contributed by atoms with E-state index in [4.69, 9.17) is 10.2 Å². The van der Waals surface area contributed by atoms with Crippen molar-refractivity contribution in [3.05, 3.63) is 68.3 Å². The number of nitro benzene ring substituents is 2. The van der Waals surface area contributed by atoms with Gasteiger partial charge in [0.25, 0.3) is 5.69 Å². The van der Waals surface area contributed by atoms with Gasteiger partial charge in [-0.05, 0) is 18.2 Å². The van der Waals surface area contributed by atoms with Crippen LogP contribution in [0.25, 0.3) is 22.1 Å². The van der Waals surface area contributed by atoms with Crippen LogP contribution in [0.3, 0.4) is 0 Å². The SMILES string of the molecule is O=C(O)c1cc2nc[nH]c2cc1[N+](=O)[O-].O=C(O)c1ccc2[nH]cnc2c1[N+](=O)[O-]. The Kier molecular flexibility index (Phi) is 5.05. The highest BCUT2D eigenvalue weighted by molar-refractivity contribution is 6.00. The van der Waals surface area contributed by atoms with Crippen LogP contribution in [0.4, 0.5) is 11.4 Å². The van der Waals surface area contributed by atoms with Gasteiger partial charge in [0.15, 0.2) is 5.52 Å². The molecule has 14 heteroatoms. The lowest BCUT2D eigenvalue weighted by Gasteiger charge is -1.97. The Morgan fingerprint density at radius 3 is 2.10 bits per heavy atom. The minimum atomic E-state index is -1.34. The molecular weight excluding hydrogens is 404 g/mol. The predicted octanol–water partition coefficient (Wildman–Crippen LogP) is 2.34. The number of rotatable bonds is 4. The summed E-state index contributed by atoms with van der Waals surface area (Å²) in [6.45, 7) is 0. The fourth-order valence-electron chi connectivity index (χ4n) is 2.64.